The van der Waals surface area contributed by atoms with E-state index in [1.807, 2.05) is 6.92 Å². The number of halogens is 1. The number of carbonyl (C=O) groups is 3. The molecule has 0 aromatic heterocycles. The van der Waals surface area contributed by atoms with Crippen molar-refractivity contribution in [3.63, 3.8) is 0 Å². The van der Waals surface area contributed by atoms with E-state index in [-0.39, 0.29) is 18.9 Å². The molecule has 1 aliphatic heterocycles. The molecule has 7 nitrogen and oxygen atoms in total. The molecule has 3 rings (SSSR count). The number of benzene rings is 2. The molecule has 0 radical (unpaired) electrons. The Hall–Kier alpha value is -3.06. The van der Waals surface area contributed by atoms with Gasteiger partial charge in [0.25, 0.3) is 5.91 Å². The quantitative estimate of drug-likeness (QED) is 0.754. The molecule has 2 aromatic carbocycles. The second-order valence-corrected chi connectivity index (χ2v) is 6.72. The molecule has 1 saturated heterocycles. The van der Waals surface area contributed by atoms with Crippen molar-refractivity contribution in [1.29, 1.82) is 0 Å². The van der Waals surface area contributed by atoms with Crippen LogP contribution in [0.1, 0.15) is 23.7 Å². The maximum atomic E-state index is 12.4. The SMILES string of the molecule is CCOc1ccc(N2C[C@H](C(=O)NNC(=O)c3cccc(Cl)c3)CC2=O)cc1. The smallest absolute Gasteiger partial charge is 0.269 e. The number of rotatable bonds is 5. The average molecular weight is 402 g/mol. The third kappa shape index (κ3) is 4.61. The van der Waals surface area contributed by atoms with Gasteiger partial charge in [-0.3, -0.25) is 25.2 Å². The van der Waals surface area contributed by atoms with E-state index in [9.17, 15) is 14.4 Å². The van der Waals surface area contributed by atoms with Gasteiger partial charge in [0.05, 0.1) is 12.5 Å². The molecule has 1 aliphatic rings. The molecule has 0 bridgehead atoms. The molecule has 0 unspecified atom stereocenters. The summed E-state index contributed by atoms with van der Waals surface area (Å²) >= 11 is 5.85. The first-order chi connectivity index (χ1) is 13.5. The molecular weight excluding hydrogens is 382 g/mol. The van der Waals surface area contributed by atoms with Gasteiger partial charge in [-0.2, -0.15) is 0 Å². The van der Waals surface area contributed by atoms with Crippen LogP contribution >= 0.6 is 11.6 Å². The minimum Gasteiger partial charge on any atom is -0.494 e. The van der Waals surface area contributed by atoms with Crippen molar-refractivity contribution >= 4 is 35.0 Å². The van der Waals surface area contributed by atoms with E-state index in [0.29, 0.717) is 22.9 Å². The Bertz CT molecular complexity index is 885. The van der Waals surface area contributed by atoms with Gasteiger partial charge in [-0.25, -0.2) is 0 Å². The van der Waals surface area contributed by atoms with Crippen LogP contribution in [0.5, 0.6) is 5.75 Å². The third-order valence-corrected chi connectivity index (χ3v) is 4.58. The van der Waals surface area contributed by atoms with E-state index in [4.69, 9.17) is 16.3 Å². The van der Waals surface area contributed by atoms with Crippen LogP contribution in [0.2, 0.25) is 5.02 Å². The molecule has 1 atom stereocenters. The van der Waals surface area contributed by atoms with Gasteiger partial charge in [0.2, 0.25) is 11.8 Å². The van der Waals surface area contributed by atoms with Gasteiger partial charge in [0.15, 0.2) is 0 Å². The first-order valence-electron chi connectivity index (χ1n) is 8.87. The topological polar surface area (TPSA) is 87.7 Å². The fourth-order valence-corrected chi connectivity index (χ4v) is 3.13. The molecule has 2 N–H and O–H groups in total. The van der Waals surface area contributed by atoms with Gasteiger partial charge < -0.3 is 9.64 Å². The van der Waals surface area contributed by atoms with Gasteiger partial charge in [0.1, 0.15) is 5.75 Å². The van der Waals surface area contributed by atoms with E-state index >= 15 is 0 Å². The number of carbonyl (C=O) groups excluding carboxylic acids is 3. The van der Waals surface area contributed by atoms with Gasteiger partial charge in [-0.1, -0.05) is 17.7 Å². The average Bonchev–Trinajstić information content (AvgIpc) is 3.08. The van der Waals surface area contributed by atoms with Gasteiger partial charge >= 0.3 is 0 Å². The van der Waals surface area contributed by atoms with E-state index in [0.717, 1.165) is 5.75 Å². The van der Waals surface area contributed by atoms with Crippen LogP contribution in [-0.2, 0) is 9.59 Å². The zero-order valence-electron chi connectivity index (χ0n) is 15.3. The molecule has 8 heteroatoms. The number of anilines is 1. The Morgan fingerprint density at radius 1 is 1.18 bits per heavy atom. The summed E-state index contributed by atoms with van der Waals surface area (Å²) in [7, 11) is 0. The summed E-state index contributed by atoms with van der Waals surface area (Å²) in [6.07, 6.45) is 0.0755. The normalized spacial score (nSPS) is 16.0. The minimum atomic E-state index is -0.557. The largest absolute Gasteiger partial charge is 0.494 e. The monoisotopic (exact) mass is 401 g/mol. The first kappa shape index (κ1) is 19.7. The summed E-state index contributed by atoms with van der Waals surface area (Å²) in [5.41, 5.74) is 5.76. The van der Waals surface area contributed by atoms with Gasteiger partial charge in [0, 0.05) is 29.2 Å². The van der Waals surface area contributed by atoms with Crippen LogP contribution in [0.25, 0.3) is 0 Å². The van der Waals surface area contributed by atoms with Crippen LogP contribution in [0, 0.1) is 5.92 Å². The van der Waals surface area contributed by atoms with Crippen molar-refractivity contribution in [1.82, 2.24) is 10.9 Å². The Balaban J connectivity index is 1.56. The number of nitrogens with one attached hydrogen (secondary N) is 2. The standard InChI is InChI=1S/C20H20ClN3O4/c1-2-28-17-8-6-16(7-9-17)24-12-14(11-18(24)25)20(27)23-22-19(26)13-4-3-5-15(21)10-13/h3-10,14H,2,11-12H2,1H3,(H,22,26)(H,23,27)/t14-/m1/s1. The van der Waals surface area contributed by atoms with E-state index in [1.54, 1.807) is 47.4 Å². The maximum Gasteiger partial charge on any atom is 0.269 e. The number of hydrazine groups is 1. The number of nitrogens with zero attached hydrogens (tertiary/aromatic N) is 1. The number of hydrogen-bond acceptors (Lipinski definition) is 4. The Morgan fingerprint density at radius 3 is 2.61 bits per heavy atom. The molecule has 0 saturated carbocycles. The van der Waals surface area contributed by atoms with Gasteiger partial charge in [-0.05, 0) is 49.4 Å². The summed E-state index contributed by atoms with van der Waals surface area (Å²) in [5.74, 6) is -0.888. The van der Waals surface area contributed by atoms with Crippen molar-refractivity contribution in [2.24, 2.45) is 5.92 Å². The molecule has 2 aromatic rings. The van der Waals surface area contributed by atoms with Crippen molar-refractivity contribution in [3.05, 3.63) is 59.1 Å². The Kier molecular flexibility index (Phi) is 6.16. The van der Waals surface area contributed by atoms with E-state index < -0.39 is 17.7 Å². The number of hydrogen-bond donors (Lipinski definition) is 2. The molecule has 3 amide bonds. The summed E-state index contributed by atoms with van der Waals surface area (Å²) < 4.78 is 5.39. The molecular formula is C20H20ClN3O4. The zero-order chi connectivity index (χ0) is 20.1. The third-order valence-electron chi connectivity index (χ3n) is 4.34. The van der Waals surface area contributed by atoms with Crippen molar-refractivity contribution in [2.75, 3.05) is 18.1 Å². The zero-order valence-corrected chi connectivity index (χ0v) is 16.0. The fraction of sp³-hybridized carbons (Fsp3) is 0.250. The maximum absolute atomic E-state index is 12.4. The van der Waals surface area contributed by atoms with E-state index in [2.05, 4.69) is 10.9 Å². The fourth-order valence-electron chi connectivity index (χ4n) is 2.94. The van der Waals surface area contributed by atoms with Crippen molar-refractivity contribution in [3.8, 4) is 5.75 Å². The highest BCUT2D eigenvalue weighted by atomic mass is 35.5. The van der Waals surface area contributed by atoms with Crippen LogP contribution in [0.3, 0.4) is 0 Å². The Morgan fingerprint density at radius 2 is 1.93 bits per heavy atom. The summed E-state index contributed by atoms with van der Waals surface area (Å²) in [4.78, 5) is 38.3. The highest BCUT2D eigenvalue weighted by Crippen LogP contribution is 2.27. The van der Waals surface area contributed by atoms with Crippen LogP contribution in [0.4, 0.5) is 5.69 Å². The molecule has 28 heavy (non-hydrogen) atoms. The predicted molar refractivity (Wildman–Crippen MR) is 105 cm³/mol. The molecule has 0 spiro atoms. The molecule has 1 fully saturated rings. The molecule has 146 valence electrons. The summed E-state index contributed by atoms with van der Waals surface area (Å²) in [6.45, 7) is 2.70. The highest BCUT2D eigenvalue weighted by molar-refractivity contribution is 6.31. The van der Waals surface area contributed by atoms with Crippen molar-refractivity contribution < 1.29 is 19.1 Å². The molecule has 1 heterocycles. The minimum absolute atomic E-state index is 0.0755. The van der Waals surface area contributed by atoms with Gasteiger partial charge in [-0.15, -0.1) is 0 Å². The first-order valence-corrected chi connectivity index (χ1v) is 9.24. The van der Waals surface area contributed by atoms with Crippen LogP contribution in [-0.4, -0.2) is 30.9 Å². The summed E-state index contributed by atoms with van der Waals surface area (Å²) in [5, 5.41) is 0.423. The number of ether oxygens (including phenoxy) is 1. The predicted octanol–water partition coefficient (Wildman–Crippen LogP) is 2.55. The summed E-state index contributed by atoms with van der Waals surface area (Å²) in [6, 6.07) is 13.5. The lowest BCUT2D eigenvalue weighted by atomic mass is 10.1. The lowest BCUT2D eigenvalue weighted by Crippen LogP contribution is -2.45. The molecule has 0 aliphatic carbocycles. The van der Waals surface area contributed by atoms with E-state index in [1.165, 1.54) is 6.07 Å². The second kappa shape index (κ2) is 8.75. The number of amides is 3. The Labute approximate surface area is 167 Å². The van der Waals surface area contributed by atoms with Crippen molar-refractivity contribution in [2.45, 2.75) is 13.3 Å². The lowest BCUT2D eigenvalue weighted by Gasteiger charge is -2.17. The highest BCUT2D eigenvalue weighted by Gasteiger charge is 2.35. The van der Waals surface area contributed by atoms with Crippen LogP contribution in [0.15, 0.2) is 48.5 Å². The van der Waals surface area contributed by atoms with Crippen LogP contribution < -0.4 is 20.5 Å². The lowest BCUT2D eigenvalue weighted by molar-refractivity contribution is -0.126. The second-order valence-electron chi connectivity index (χ2n) is 6.29.